The minimum atomic E-state index is -5.25. The standard InChI is InChI=1S/C16H20F4N2O4/c1-3-25-13(23)15(26-4-2,16(18,19)20)22-14(24)21-10-9-11-7-5-6-8-12(11)17/h5-8H,3-4,9-10H2,1-2H3,(H2,21,22,24)/t15-/m0/s1. The van der Waals surface area contributed by atoms with Gasteiger partial charge in [-0.25, -0.2) is 14.0 Å². The Morgan fingerprint density at radius 1 is 1.12 bits per heavy atom. The second kappa shape index (κ2) is 9.37. The first-order valence-corrected chi connectivity index (χ1v) is 7.85. The molecule has 1 aromatic rings. The second-order valence-corrected chi connectivity index (χ2v) is 5.05. The van der Waals surface area contributed by atoms with Gasteiger partial charge in [0.2, 0.25) is 0 Å². The van der Waals surface area contributed by atoms with E-state index in [0.29, 0.717) is 0 Å². The smallest absolute Gasteiger partial charge is 0.448 e. The lowest BCUT2D eigenvalue weighted by Crippen LogP contribution is -2.67. The second-order valence-electron chi connectivity index (χ2n) is 5.05. The number of alkyl halides is 3. The summed E-state index contributed by atoms with van der Waals surface area (Å²) in [7, 11) is 0. The quantitative estimate of drug-likeness (QED) is 0.413. The number of carbonyl (C=O) groups is 2. The highest BCUT2D eigenvalue weighted by Gasteiger charge is 2.64. The van der Waals surface area contributed by atoms with Gasteiger partial charge in [-0.15, -0.1) is 0 Å². The molecule has 0 aliphatic carbocycles. The molecular formula is C16H20F4N2O4. The van der Waals surface area contributed by atoms with Gasteiger partial charge < -0.3 is 14.8 Å². The number of esters is 1. The van der Waals surface area contributed by atoms with E-state index in [1.54, 1.807) is 6.07 Å². The van der Waals surface area contributed by atoms with Crippen LogP contribution in [0.25, 0.3) is 0 Å². The number of ether oxygens (including phenoxy) is 2. The van der Waals surface area contributed by atoms with Gasteiger partial charge in [0.25, 0.3) is 0 Å². The summed E-state index contributed by atoms with van der Waals surface area (Å²) in [5, 5.41) is 3.63. The summed E-state index contributed by atoms with van der Waals surface area (Å²) >= 11 is 0. The highest BCUT2D eigenvalue weighted by molar-refractivity contribution is 5.87. The number of benzene rings is 1. The van der Waals surface area contributed by atoms with Crippen molar-refractivity contribution in [3.8, 4) is 0 Å². The van der Waals surface area contributed by atoms with Crippen LogP contribution in [-0.2, 0) is 20.7 Å². The predicted molar refractivity (Wildman–Crippen MR) is 83.7 cm³/mol. The monoisotopic (exact) mass is 380 g/mol. The van der Waals surface area contributed by atoms with Crippen LogP contribution in [0.2, 0.25) is 0 Å². The summed E-state index contributed by atoms with van der Waals surface area (Å²) in [6.07, 6.45) is -5.20. The van der Waals surface area contributed by atoms with E-state index >= 15 is 0 Å². The number of rotatable bonds is 8. The van der Waals surface area contributed by atoms with Crippen molar-refractivity contribution in [1.82, 2.24) is 10.6 Å². The van der Waals surface area contributed by atoms with Crippen LogP contribution in [0.15, 0.2) is 24.3 Å². The third-order valence-electron chi connectivity index (χ3n) is 3.25. The number of nitrogens with one attached hydrogen (secondary N) is 2. The van der Waals surface area contributed by atoms with E-state index in [9.17, 15) is 27.2 Å². The van der Waals surface area contributed by atoms with Crippen LogP contribution in [0.3, 0.4) is 0 Å². The van der Waals surface area contributed by atoms with Gasteiger partial charge in [0.15, 0.2) is 0 Å². The molecule has 2 amide bonds. The van der Waals surface area contributed by atoms with E-state index in [4.69, 9.17) is 0 Å². The predicted octanol–water partition coefficient (Wildman–Crippen LogP) is 2.53. The molecule has 2 N–H and O–H groups in total. The summed E-state index contributed by atoms with van der Waals surface area (Å²) in [4.78, 5) is 23.7. The van der Waals surface area contributed by atoms with E-state index in [2.05, 4.69) is 14.8 Å². The normalized spacial score (nSPS) is 13.6. The molecule has 0 unspecified atom stereocenters. The first-order valence-electron chi connectivity index (χ1n) is 7.85. The Balaban J connectivity index is 2.81. The molecule has 1 rings (SSSR count). The van der Waals surface area contributed by atoms with Gasteiger partial charge in [-0.3, -0.25) is 5.32 Å². The Hall–Kier alpha value is -2.36. The molecule has 0 heterocycles. The minimum Gasteiger partial charge on any atom is -0.462 e. The molecule has 0 spiro atoms. The first kappa shape index (κ1) is 21.7. The van der Waals surface area contributed by atoms with Crippen LogP contribution in [0.1, 0.15) is 19.4 Å². The van der Waals surface area contributed by atoms with Crippen molar-refractivity contribution in [2.45, 2.75) is 32.2 Å². The molecule has 0 fully saturated rings. The van der Waals surface area contributed by atoms with E-state index in [1.165, 1.54) is 37.4 Å². The molecule has 26 heavy (non-hydrogen) atoms. The molecule has 0 aliphatic rings. The van der Waals surface area contributed by atoms with E-state index in [-0.39, 0.29) is 25.1 Å². The van der Waals surface area contributed by atoms with Crippen molar-refractivity contribution in [2.24, 2.45) is 0 Å². The van der Waals surface area contributed by atoms with Crippen molar-refractivity contribution in [3.05, 3.63) is 35.6 Å². The summed E-state index contributed by atoms with van der Waals surface area (Å²) < 4.78 is 62.7. The molecule has 0 saturated carbocycles. The van der Waals surface area contributed by atoms with Gasteiger partial charge in [-0.2, -0.15) is 13.2 Å². The van der Waals surface area contributed by atoms with Crippen LogP contribution in [0, 0.1) is 5.82 Å². The lowest BCUT2D eigenvalue weighted by atomic mass is 10.1. The summed E-state index contributed by atoms with van der Waals surface area (Å²) in [5.41, 5.74) is -3.34. The summed E-state index contributed by atoms with van der Waals surface area (Å²) in [6, 6.07) is 4.47. The zero-order valence-corrected chi connectivity index (χ0v) is 14.3. The largest absolute Gasteiger partial charge is 0.462 e. The zero-order valence-electron chi connectivity index (χ0n) is 14.3. The van der Waals surface area contributed by atoms with Gasteiger partial charge in [-0.1, -0.05) is 18.2 Å². The van der Waals surface area contributed by atoms with Crippen molar-refractivity contribution in [1.29, 1.82) is 0 Å². The van der Waals surface area contributed by atoms with Gasteiger partial charge in [0, 0.05) is 13.2 Å². The summed E-state index contributed by atoms with van der Waals surface area (Å²) in [5.74, 6) is -2.28. The van der Waals surface area contributed by atoms with Crippen LogP contribution < -0.4 is 10.6 Å². The lowest BCUT2D eigenvalue weighted by molar-refractivity contribution is -0.283. The van der Waals surface area contributed by atoms with E-state index in [1.807, 2.05) is 0 Å². The van der Waals surface area contributed by atoms with Crippen LogP contribution in [-0.4, -0.2) is 43.7 Å². The molecule has 10 heteroatoms. The van der Waals surface area contributed by atoms with Crippen LogP contribution in [0.5, 0.6) is 0 Å². The third kappa shape index (κ3) is 5.32. The number of hydrogen-bond acceptors (Lipinski definition) is 4. The Morgan fingerprint density at radius 2 is 1.77 bits per heavy atom. The van der Waals surface area contributed by atoms with E-state index in [0.717, 1.165) is 0 Å². The lowest BCUT2D eigenvalue weighted by Gasteiger charge is -2.33. The maximum Gasteiger partial charge on any atom is 0.448 e. The Morgan fingerprint density at radius 3 is 2.31 bits per heavy atom. The molecule has 6 nitrogen and oxygen atoms in total. The molecule has 0 bridgehead atoms. The SMILES string of the molecule is CCOC(=O)[C@](NC(=O)NCCc1ccccc1F)(OCC)C(F)(F)F. The number of urea groups is 1. The number of hydrogen-bond donors (Lipinski definition) is 2. The number of amides is 2. The average molecular weight is 380 g/mol. The molecule has 0 saturated heterocycles. The zero-order chi connectivity index (χ0) is 19.8. The average Bonchev–Trinajstić information content (AvgIpc) is 2.55. The van der Waals surface area contributed by atoms with Gasteiger partial charge in [0.05, 0.1) is 6.61 Å². The Labute approximate surface area is 147 Å². The minimum absolute atomic E-state index is 0.0488. The van der Waals surface area contributed by atoms with Crippen LogP contribution in [0.4, 0.5) is 22.4 Å². The first-order chi connectivity index (χ1) is 12.2. The van der Waals surface area contributed by atoms with Crippen molar-refractivity contribution in [3.63, 3.8) is 0 Å². The molecule has 146 valence electrons. The maximum atomic E-state index is 13.5. The number of halogens is 4. The fraction of sp³-hybridized carbons (Fsp3) is 0.500. The third-order valence-corrected chi connectivity index (χ3v) is 3.25. The van der Waals surface area contributed by atoms with Crippen molar-refractivity contribution >= 4 is 12.0 Å². The molecular weight excluding hydrogens is 360 g/mol. The van der Waals surface area contributed by atoms with Gasteiger partial charge >= 0.3 is 23.9 Å². The molecule has 1 aromatic carbocycles. The molecule has 0 radical (unpaired) electrons. The maximum absolute atomic E-state index is 13.5. The fourth-order valence-corrected chi connectivity index (χ4v) is 2.08. The van der Waals surface area contributed by atoms with Crippen molar-refractivity contribution in [2.75, 3.05) is 19.8 Å². The molecule has 0 aromatic heterocycles. The van der Waals surface area contributed by atoms with E-state index < -0.39 is 36.3 Å². The molecule has 1 atom stereocenters. The Bertz CT molecular complexity index is 625. The van der Waals surface area contributed by atoms with Crippen molar-refractivity contribution < 1.29 is 36.6 Å². The fourth-order valence-electron chi connectivity index (χ4n) is 2.08. The highest BCUT2D eigenvalue weighted by atomic mass is 19.4. The van der Waals surface area contributed by atoms with Gasteiger partial charge in [-0.05, 0) is 31.9 Å². The Kier molecular flexibility index (Phi) is 7.81. The summed E-state index contributed by atoms with van der Waals surface area (Å²) in [6.45, 7) is 1.56. The molecule has 0 aliphatic heterocycles. The van der Waals surface area contributed by atoms with Gasteiger partial charge in [0.1, 0.15) is 5.82 Å². The van der Waals surface area contributed by atoms with Crippen LogP contribution >= 0.6 is 0 Å². The topological polar surface area (TPSA) is 76.7 Å². The highest BCUT2D eigenvalue weighted by Crippen LogP contribution is 2.33. The number of carbonyl (C=O) groups excluding carboxylic acids is 2.